The molecule has 4 heteroatoms. The summed E-state index contributed by atoms with van der Waals surface area (Å²) in [6.07, 6.45) is 5.34. The van der Waals surface area contributed by atoms with Gasteiger partial charge in [-0.1, -0.05) is 17.7 Å². The van der Waals surface area contributed by atoms with E-state index in [-0.39, 0.29) is 5.91 Å². The molecule has 1 aromatic heterocycles. The third-order valence-electron chi connectivity index (χ3n) is 4.20. The van der Waals surface area contributed by atoms with E-state index in [4.69, 9.17) is 0 Å². The summed E-state index contributed by atoms with van der Waals surface area (Å²) in [6.45, 7) is 6.80. The smallest absolute Gasteiger partial charge is 0.251 e. The average Bonchev–Trinajstić information content (AvgIpc) is 3.08. The lowest BCUT2D eigenvalue weighted by molar-refractivity contribution is 0.0951. The summed E-state index contributed by atoms with van der Waals surface area (Å²) in [4.78, 5) is 16.4. The maximum absolute atomic E-state index is 12.4. The Hall–Kier alpha value is -2.88. The summed E-state index contributed by atoms with van der Waals surface area (Å²) in [5.74, 6) is -0.0634. The van der Waals surface area contributed by atoms with E-state index in [0.29, 0.717) is 12.1 Å². The molecule has 0 radical (unpaired) electrons. The molecule has 122 valence electrons. The van der Waals surface area contributed by atoms with Crippen LogP contribution in [-0.2, 0) is 6.54 Å². The van der Waals surface area contributed by atoms with Gasteiger partial charge in [0.15, 0.2) is 0 Å². The molecule has 0 aliphatic carbocycles. The molecular formula is C20H21N3O. The quantitative estimate of drug-likeness (QED) is 0.796. The summed E-state index contributed by atoms with van der Waals surface area (Å²) >= 11 is 0. The van der Waals surface area contributed by atoms with Crippen LogP contribution in [-0.4, -0.2) is 15.5 Å². The maximum Gasteiger partial charge on any atom is 0.251 e. The van der Waals surface area contributed by atoms with E-state index in [0.717, 1.165) is 5.69 Å². The number of aromatic nitrogens is 2. The van der Waals surface area contributed by atoms with Crippen molar-refractivity contribution in [3.63, 3.8) is 0 Å². The molecule has 1 N–H and O–H groups in total. The fourth-order valence-corrected chi connectivity index (χ4v) is 2.96. The first kappa shape index (κ1) is 16.0. The van der Waals surface area contributed by atoms with Gasteiger partial charge in [0.1, 0.15) is 0 Å². The molecule has 2 aromatic carbocycles. The Morgan fingerprint density at radius 3 is 2.33 bits per heavy atom. The predicted molar refractivity (Wildman–Crippen MR) is 95.4 cm³/mol. The molecule has 4 nitrogen and oxygen atoms in total. The number of hydrogen-bond acceptors (Lipinski definition) is 2. The van der Waals surface area contributed by atoms with E-state index >= 15 is 0 Å². The van der Waals surface area contributed by atoms with Crippen molar-refractivity contribution >= 4 is 5.91 Å². The van der Waals surface area contributed by atoms with Gasteiger partial charge >= 0.3 is 0 Å². The molecule has 0 spiro atoms. The predicted octanol–water partition coefficient (Wildman–Crippen LogP) is 3.73. The van der Waals surface area contributed by atoms with Gasteiger partial charge in [-0.3, -0.25) is 4.79 Å². The third-order valence-corrected chi connectivity index (χ3v) is 4.20. The van der Waals surface area contributed by atoms with Crippen LogP contribution in [0.25, 0.3) is 5.69 Å². The number of nitrogens with one attached hydrogen (secondary N) is 1. The summed E-state index contributed by atoms with van der Waals surface area (Å²) in [5, 5.41) is 3.01. The number of carbonyl (C=O) groups excluding carboxylic acids is 1. The maximum atomic E-state index is 12.4. The third kappa shape index (κ3) is 3.38. The van der Waals surface area contributed by atoms with Crippen molar-refractivity contribution < 1.29 is 4.79 Å². The first-order valence-corrected chi connectivity index (χ1v) is 7.98. The van der Waals surface area contributed by atoms with Gasteiger partial charge in [-0.2, -0.15) is 0 Å². The molecule has 0 fully saturated rings. The number of nitrogens with zero attached hydrogens (tertiary/aromatic N) is 2. The summed E-state index contributed by atoms with van der Waals surface area (Å²) in [7, 11) is 0. The molecule has 0 unspecified atom stereocenters. The fraction of sp³-hybridized carbons (Fsp3) is 0.200. The van der Waals surface area contributed by atoms with E-state index in [2.05, 4.69) is 43.2 Å². The molecule has 3 aromatic rings. The van der Waals surface area contributed by atoms with Gasteiger partial charge in [0.2, 0.25) is 0 Å². The van der Waals surface area contributed by atoms with Crippen molar-refractivity contribution in [3.05, 3.63) is 82.9 Å². The van der Waals surface area contributed by atoms with Crippen molar-refractivity contribution in [2.75, 3.05) is 0 Å². The zero-order valence-electron chi connectivity index (χ0n) is 14.2. The highest BCUT2D eigenvalue weighted by molar-refractivity contribution is 5.94. The Balaban J connectivity index is 1.69. The average molecular weight is 319 g/mol. The Morgan fingerprint density at radius 1 is 1.08 bits per heavy atom. The van der Waals surface area contributed by atoms with Gasteiger partial charge < -0.3 is 9.88 Å². The SMILES string of the molecule is Cc1cc(C)c(CNC(=O)c2ccc(-n3ccnc3)cc2)c(C)c1. The van der Waals surface area contributed by atoms with Crippen molar-refractivity contribution in [1.29, 1.82) is 0 Å². The highest BCUT2D eigenvalue weighted by atomic mass is 16.1. The van der Waals surface area contributed by atoms with Crippen LogP contribution in [0.15, 0.2) is 55.1 Å². The zero-order valence-corrected chi connectivity index (χ0v) is 14.2. The summed E-state index contributed by atoms with van der Waals surface area (Å²) < 4.78 is 1.90. The Labute approximate surface area is 142 Å². The van der Waals surface area contributed by atoms with Gasteiger partial charge in [-0.15, -0.1) is 0 Å². The van der Waals surface area contributed by atoms with Crippen LogP contribution in [0.4, 0.5) is 0 Å². The minimum absolute atomic E-state index is 0.0634. The first-order valence-electron chi connectivity index (χ1n) is 7.98. The normalized spacial score (nSPS) is 10.6. The Morgan fingerprint density at radius 2 is 1.75 bits per heavy atom. The number of amides is 1. The van der Waals surface area contributed by atoms with Gasteiger partial charge in [-0.25, -0.2) is 4.98 Å². The molecule has 0 bridgehead atoms. The summed E-state index contributed by atoms with van der Waals surface area (Å²) in [6, 6.07) is 11.8. The molecular weight excluding hydrogens is 298 g/mol. The largest absolute Gasteiger partial charge is 0.348 e. The number of rotatable bonds is 4. The van der Waals surface area contributed by atoms with Gasteiger partial charge in [-0.05, 0) is 61.7 Å². The van der Waals surface area contributed by atoms with Gasteiger partial charge in [0.05, 0.1) is 6.33 Å². The van der Waals surface area contributed by atoms with Gasteiger partial charge in [0, 0.05) is 30.2 Å². The number of benzene rings is 2. The van der Waals surface area contributed by atoms with E-state index in [9.17, 15) is 4.79 Å². The highest BCUT2D eigenvalue weighted by Crippen LogP contribution is 2.16. The molecule has 0 saturated carbocycles. The molecule has 0 atom stereocenters. The second kappa shape index (κ2) is 6.71. The minimum atomic E-state index is -0.0634. The topological polar surface area (TPSA) is 46.9 Å². The fourth-order valence-electron chi connectivity index (χ4n) is 2.96. The van der Waals surface area contributed by atoms with Crippen molar-refractivity contribution in [2.24, 2.45) is 0 Å². The number of carbonyl (C=O) groups is 1. The zero-order chi connectivity index (χ0) is 17.1. The second-order valence-electron chi connectivity index (χ2n) is 6.08. The van der Waals surface area contributed by atoms with E-state index in [1.807, 2.05) is 35.0 Å². The molecule has 0 aliphatic rings. The molecule has 1 heterocycles. The number of aryl methyl sites for hydroxylation is 3. The molecule has 3 rings (SSSR count). The van der Waals surface area contributed by atoms with Crippen LogP contribution < -0.4 is 5.32 Å². The van der Waals surface area contributed by atoms with Crippen LogP contribution in [0.1, 0.15) is 32.6 Å². The molecule has 0 saturated heterocycles. The number of imidazole rings is 1. The van der Waals surface area contributed by atoms with Crippen molar-refractivity contribution in [2.45, 2.75) is 27.3 Å². The first-order chi connectivity index (χ1) is 11.5. The Kier molecular flexibility index (Phi) is 4.47. The monoisotopic (exact) mass is 319 g/mol. The molecule has 24 heavy (non-hydrogen) atoms. The van der Waals surface area contributed by atoms with Crippen LogP contribution >= 0.6 is 0 Å². The van der Waals surface area contributed by atoms with Gasteiger partial charge in [0.25, 0.3) is 5.91 Å². The Bertz CT molecular complexity index is 826. The van der Waals surface area contributed by atoms with Crippen molar-refractivity contribution in [3.8, 4) is 5.69 Å². The summed E-state index contributed by atoms with van der Waals surface area (Å²) in [5.41, 5.74) is 6.49. The number of hydrogen-bond donors (Lipinski definition) is 1. The van der Waals surface area contributed by atoms with E-state index in [1.54, 1.807) is 12.5 Å². The standard InChI is InChI=1S/C20H21N3O/c1-14-10-15(2)19(16(3)11-14)12-22-20(24)17-4-6-18(7-5-17)23-9-8-21-13-23/h4-11,13H,12H2,1-3H3,(H,22,24). The lowest BCUT2D eigenvalue weighted by atomic mass is 10.00. The van der Waals surface area contributed by atoms with Crippen LogP contribution in [0.2, 0.25) is 0 Å². The van der Waals surface area contributed by atoms with E-state index < -0.39 is 0 Å². The van der Waals surface area contributed by atoms with Crippen LogP contribution in [0.5, 0.6) is 0 Å². The van der Waals surface area contributed by atoms with Crippen molar-refractivity contribution in [1.82, 2.24) is 14.9 Å². The highest BCUT2D eigenvalue weighted by Gasteiger charge is 2.08. The molecule has 1 amide bonds. The minimum Gasteiger partial charge on any atom is -0.348 e. The lowest BCUT2D eigenvalue weighted by Gasteiger charge is -2.12. The van der Waals surface area contributed by atoms with Crippen LogP contribution in [0.3, 0.4) is 0 Å². The van der Waals surface area contributed by atoms with E-state index in [1.165, 1.54) is 22.3 Å². The lowest BCUT2D eigenvalue weighted by Crippen LogP contribution is -2.23. The van der Waals surface area contributed by atoms with Crippen LogP contribution in [0, 0.1) is 20.8 Å². The molecule has 0 aliphatic heterocycles. The second-order valence-corrected chi connectivity index (χ2v) is 6.08.